The molecule has 3 aromatic carbocycles. The Kier molecular flexibility index (Phi) is 14.4. The fourth-order valence-corrected chi connectivity index (χ4v) is 8.27. The summed E-state index contributed by atoms with van der Waals surface area (Å²) >= 11 is 0. The summed E-state index contributed by atoms with van der Waals surface area (Å²) in [6.45, 7) is 4.81. The van der Waals surface area contributed by atoms with Crippen molar-refractivity contribution in [2.75, 3.05) is 50.8 Å². The molecule has 0 fully saturated rings. The number of rotatable bonds is 16. The van der Waals surface area contributed by atoms with Crippen molar-refractivity contribution < 1.29 is 23.9 Å². The first-order valence-electron chi connectivity index (χ1n) is 18.2. The average molecular weight is 796 g/mol. The Morgan fingerprint density at radius 3 is 2.61 bits per heavy atom. The third kappa shape index (κ3) is 10.6. The molecule has 14 heteroatoms. The van der Waals surface area contributed by atoms with Gasteiger partial charge in [-0.05, 0) is 73.6 Å². The van der Waals surface area contributed by atoms with Crippen LogP contribution in [0.15, 0.2) is 96.3 Å². The maximum atomic E-state index is 13.7. The number of methoxy groups -OCH3 is 1. The second-order valence-electron chi connectivity index (χ2n) is 13.7. The number of carbonyl (C=O) groups is 3. The Morgan fingerprint density at radius 2 is 1.88 bits per heavy atom. The van der Waals surface area contributed by atoms with Crippen LogP contribution in [0.3, 0.4) is 0 Å². The van der Waals surface area contributed by atoms with E-state index in [-0.39, 0.29) is 41.5 Å². The summed E-state index contributed by atoms with van der Waals surface area (Å²) < 4.78 is 11.5. The summed E-state index contributed by atoms with van der Waals surface area (Å²) in [5, 5.41) is 17.1. The molecule has 0 aliphatic carbocycles. The summed E-state index contributed by atoms with van der Waals surface area (Å²) in [5.41, 5.74) is 5.46. The molecule has 0 aromatic heterocycles. The molecule has 0 saturated heterocycles. The number of amides is 3. The lowest BCUT2D eigenvalue weighted by atomic mass is 10.1. The first kappa shape index (κ1) is 41.7. The summed E-state index contributed by atoms with van der Waals surface area (Å²) in [6, 6.07) is 18.7. The maximum absolute atomic E-state index is 13.7. The standard InChI is InChI=1S/C42H49N7O5S2/c1-42(2,56-55-6)27-46-40(51)39(43)48(4)20-10-9-13-30(25-44-3)28-16-18-31(19-17-28)47-38(50)15-11-21-54-37-24-34-33(23-36(37)53-5)41(52)49-32(26-45-34)22-29-12-7-8-14-35(29)49/h7-10,12-14,16-20,23-26,32,43-44H,11,15,21-22,27H2,1-6H3,(H,46,51)(H,47,50)/b13-9+,20-10+,30-25+,43-39?. The molecule has 5 rings (SSSR count). The number of para-hydroxylation sites is 1. The van der Waals surface area contributed by atoms with Gasteiger partial charge in [0.05, 0.1) is 31.0 Å². The minimum Gasteiger partial charge on any atom is -0.493 e. The largest absolute Gasteiger partial charge is 0.493 e. The van der Waals surface area contributed by atoms with E-state index in [0.29, 0.717) is 47.8 Å². The molecule has 3 amide bonds. The first-order valence-corrected chi connectivity index (χ1v) is 20.7. The van der Waals surface area contributed by atoms with Crippen molar-refractivity contribution >= 4 is 74.0 Å². The highest BCUT2D eigenvalue weighted by Crippen LogP contribution is 2.41. The predicted molar refractivity (Wildman–Crippen MR) is 231 cm³/mol. The van der Waals surface area contributed by atoms with E-state index in [4.69, 9.17) is 14.9 Å². The predicted octanol–water partition coefficient (Wildman–Crippen LogP) is 7.23. The number of allylic oxidation sites excluding steroid dienone is 4. The lowest BCUT2D eigenvalue weighted by Crippen LogP contribution is -2.43. The minimum absolute atomic E-state index is 0.133. The molecule has 3 aromatic rings. The highest BCUT2D eigenvalue weighted by Gasteiger charge is 2.36. The van der Waals surface area contributed by atoms with Crippen LogP contribution in [0.4, 0.5) is 17.1 Å². The molecule has 0 radical (unpaired) electrons. The summed E-state index contributed by atoms with van der Waals surface area (Å²) in [5.74, 6) is 0.0198. The van der Waals surface area contributed by atoms with Crippen molar-refractivity contribution in [2.24, 2.45) is 4.99 Å². The molecule has 0 bridgehead atoms. The number of aliphatic imine (C=N–C) groups is 1. The summed E-state index contributed by atoms with van der Waals surface area (Å²) in [7, 11) is 8.32. The van der Waals surface area contributed by atoms with Gasteiger partial charge in [0.15, 0.2) is 17.3 Å². The van der Waals surface area contributed by atoms with Gasteiger partial charge < -0.3 is 30.3 Å². The lowest BCUT2D eigenvalue weighted by Gasteiger charge is -2.23. The Labute approximate surface area is 336 Å². The van der Waals surface area contributed by atoms with Crippen LogP contribution in [0.1, 0.15) is 48.2 Å². The van der Waals surface area contributed by atoms with E-state index in [0.717, 1.165) is 22.4 Å². The Hall–Kier alpha value is -5.47. The first-order chi connectivity index (χ1) is 26.9. The molecule has 0 saturated carbocycles. The second-order valence-corrected chi connectivity index (χ2v) is 16.8. The average Bonchev–Trinajstić information content (AvgIpc) is 3.50. The number of likely N-dealkylation sites (N-methyl/N-ethyl adjacent to an activating group) is 1. The van der Waals surface area contributed by atoms with Crippen LogP contribution in [0.25, 0.3) is 5.57 Å². The molecule has 1 atom stereocenters. The monoisotopic (exact) mass is 795 g/mol. The van der Waals surface area contributed by atoms with E-state index in [1.54, 1.807) is 57.9 Å². The molecular weight excluding hydrogens is 747 g/mol. The van der Waals surface area contributed by atoms with Crippen LogP contribution in [0.2, 0.25) is 0 Å². The molecule has 0 spiro atoms. The molecule has 2 aliphatic heterocycles. The van der Waals surface area contributed by atoms with Gasteiger partial charge in [-0.25, -0.2) is 0 Å². The van der Waals surface area contributed by atoms with Crippen LogP contribution < -0.4 is 30.3 Å². The van der Waals surface area contributed by atoms with Gasteiger partial charge in [-0.2, -0.15) is 0 Å². The van der Waals surface area contributed by atoms with Crippen molar-refractivity contribution in [2.45, 2.75) is 43.9 Å². The molecule has 56 heavy (non-hydrogen) atoms. The van der Waals surface area contributed by atoms with E-state index in [1.165, 1.54) is 12.0 Å². The Balaban J connectivity index is 1.09. The Morgan fingerprint density at radius 1 is 1.11 bits per heavy atom. The van der Waals surface area contributed by atoms with E-state index >= 15 is 0 Å². The van der Waals surface area contributed by atoms with Crippen molar-refractivity contribution in [1.82, 2.24) is 15.5 Å². The molecule has 4 N–H and O–H groups in total. The van der Waals surface area contributed by atoms with Crippen LogP contribution in [0.5, 0.6) is 11.5 Å². The van der Waals surface area contributed by atoms with Crippen molar-refractivity contribution in [3.8, 4) is 11.5 Å². The van der Waals surface area contributed by atoms with Crippen LogP contribution in [-0.4, -0.2) is 86.1 Å². The van der Waals surface area contributed by atoms with Gasteiger partial charge in [-0.15, -0.1) is 0 Å². The fourth-order valence-electron chi connectivity index (χ4n) is 6.16. The number of hydrogen-bond acceptors (Lipinski definition) is 10. The normalized spacial score (nSPS) is 14.9. The number of carbonyl (C=O) groups excluding carboxylic acids is 3. The highest BCUT2D eigenvalue weighted by atomic mass is 33.1. The quantitative estimate of drug-likeness (QED) is 0.0388. The molecule has 2 heterocycles. The van der Waals surface area contributed by atoms with Gasteiger partial charge in [-0.1, -0.05) is 64.1 Å². The summed E-state index contributed by atoms with van der Waals surface area (Å²) in [4.78, 5) is 46.9. The van der Waals surface area contributed by atoms with Gasteiger partial charge in [0.2, 0.25) is 5.91 Å². The number of fused-ring (bicyclic) bond motifs is 4. The zero-order valence-corrected chi connectivity index (χ0v) is 34.2. The number of benzene rings is 3. The molecule has 2 aliphatic rings. The van der Waals surface area contributed by atoms with E-state index < -0.39 is 5.91 Å². The number of nitrogens with zero attached hydrogens (tertiary/aromatic N) is 3. The smallest absolute Gasteiger partial charge is 0.286 e. The van der Waals surface area contributed by atoms with Gasteiger partial charge in [0.1, 0.15) is 0 Å². The van der Waals surface area contributed by atoms with Crippen LogP contribution >= 0.6 is 21.6 Å². The number of hydrogen-bond donors (Lipinski definition) is 4. The topological polar surface area (TPSA) is 148 Å². The molecule has 1 unspecified atom stereocenters. The number of nitrogens with one attached hydrogen (secondary N) is 4. The zero-order valence-electron chi connectivity index (χ0n) is 32.5. The lowest BCUT2D eigenvalue weighted by molar-refractivity contribution is -0.116. The number of anilines is 2. The van der Waals surface area contributed by atoms with E-state index in [2.05, 4.69) is 20.9 Å². The minimum atomic E-state index is -0.434. The van der Waals surface area contributed by atoms with Crippen molar-refractivity contribution in [1.29, 1.82) is 5.41 Å². The number of ether oxygens (including phenoxy) is 2. The highest BCUT2D eigenvalue weighted by molar-refractivity contribution is 8.77. The van der Waals surface area contributed by atoms with Crippen molar-refractivity contribution in [3.05, 3.63) is 108 Å². The van der Waals surface area contributed by atoms with Gasteiger partial charge in [0.25, 0.3) is 11.8 Å². The van der Waals surface area contributed by atoms with Crippen LogP contribution in [-0.2, 0) is 16.0 Å². The summed E-state index contributed by atoms with van der Waals surface area (Å²) in [6.07, 6.45) is 14.2. The third-order valence-corrected chi connectivity index (χ3v) is 11.6. The molecule has 12 nitrogen and oxygen atoms in total. The van der Waals surface area contributed by atoms with Crippen LogP contribution in [0, 0.1) is 5.41 Å². The van der Waals surface area contributed by atoms with Gasteiger partial charge >= 0.3 is 0 Å². The molecular formula is C42H49N7O5S2. The Bertz CT molecular complexity index is 2040. The zero-order chi connectivity index (χ0) is 40.2. The third-order valence-electron chi connectivity index (χ3n) is 8.98. The van der Waals surface area contributed by atoms with E-state index in [1.807, 2.05) is 100 Å². The van der Waals surface area contributed by atoms with Gasteiger partial charge in [-0.3, -0.25) is 29.7 Å². The maximum Gasteiger partial charge on any atom is 0.286 e. The SMILES string of the molecule is CN\C=C(/C=C/C=C/N(C)C(=N)C(=O)NCC(C)(C)SSC)c1ccc(NC(=O)CCCOc2cc3c(cc2OC)C(=O)N2c4ccccc4CC2C=N3)cc1. The molecule has 294 valence electrons. The van der Waals surface area contributed by atoms with E-state index in [9.17, 15) is 14.4 Å². The number of amidine groups is 1. The fraction of sp³-hybridized carbons (Fsp3) is 0.310. The van der Waals surface area contributed by atoms with Gasteiger partial charge in [0, 0.05) is 74.3 Å². The second kappa shape index (κ2) is 19.4. The van der Waals surface area contributed by atoms with Crippen molar-refractivity contribution in [3.63, 3.8) is 0 Å².